The van der Waals surface area contributed by atoms with E-state index in [1.165, 1.54) is 430 Å². The van der Waals surface area contributed by atoms with E-state index in [1.54, 1.807) is 0 Å². The van der Waals surface area contributed by atoms with Gasteiger partial charge in [0, 0.05) is 12.8 Å². The van der Waals surface area contributed by atoms with Gasteiger partial charge in [-0.2, -0.15) is 0 Å². The van der Waals surface area contributed by atoms with Crippen LogP contribution in [0.3, 0.4) is 0 Å². The normalized spacial score (nSPS) is 12.5. The molecule has 0 radical (unpaired) electrons. The first-order valence-corrected chi connectivity index (χ1v) is 44.7. The van der Waals surface area contributed by atoms with E-state index >= 15 is 0 Å². The number of carbonyl (C=O) groups is 3. The van der Waals surface area contributed by atoms with Crippen LogP contribution < -0.4 is 5.11 Å². The summed E-state index contributed by atoms with van der Waals surface area (Å²) in [6.45, 7) is 4.87. The zero-order valence-electron chi connectivity index (χ0n) is 67.2. The molecule has 584 valence electrons. The molecule has 0 aliphatic carbocycles. The lowest BCUT2D eigenvalue weighted by Gasteiger charge is -2.26. The number of hydrogen-bond donors (Lipinski definition) is 0. The third kappa shape index (κ3) is 81.6. The van der Waals surface area contributed by atoms with Gasteiger partial charge in [0.05, 0.1) is 40.3 Å². The minimum atomic E-state index is -1.62. The van der Waals surface area contributed by atoms with Crippen LogP contribution in [-0.2, 0) is 33.3 Å². The lowest BCUT2D eigenvalue weighted by molar-refractivity contribution is -0.870. The Balaban J connectivity index is 3.87. The number of carboxylic acid groups (broad SMARTS) is 1. The maximum Gasteiger partial charge on any atom is 0.306 e. The number of rotatable bonds is 86. The molecule has 2 atom stereocenters. The summed E-state index contributed by atoms with van der Waals surface area (Å²) >= 11 is 0. The average Bonchev–Trinajstić information content (AvgIpc) is 1.40. The van der Waals surface area contributed by atoms with Crippen LogP contribution in [0.15, 0.2) is 0 Å². The molecule has 0 aliphatic heterocycles. The highest BCUT2D eigenvalue weighted by molar-refractivity contribution is 5.70. The molecule has 0 rings (SSSR count). The summed E-state index contributed by atoms with van der Waals surface area (Å²) in [5, 5.41) is 11.9. The molecule has 0 saturated carbocycles. The van der Waals surface area contributed by atoms with Crippen LogP contribution in [0.25, 0.3) is 0 Å². The molecule has 98 heavy (non-hydrogen) atoms. The molecule has 0 amide bonds. The Morgan fingerprint density at radius 2 is 0.459 bits per heavy atom. The Kier molecular flexibility index (Phi) is 79.6. The molecule has 9 heteroatoms. The van der Waals surface area contributed by atoms with Gasteiger partial charge in [-0.1, -0.05) is 470 Å². The Morgan fingerprint density at radius 3 is 0.653 bits per heavy atom. The van der Waals surface area contributed by atoms with Crippen LogP contribution in [-0.4, -0.2) is 82.3 Å². The number of aliphatic carboxylic acids is 1. The van der Waals surface area contributed by atoms with Crippen LogP contribution in [0, 0.1) is 0 Å². The molecule has 0 bridgehead atoms. The van der Waals surface area contributed by atoms with Gasteiger partial charge in [-0.3, -0.25) is 9.59 Å². The number of hydrogen-bond acceptors (Lipinski definition) is 8. The minimum absolute atomic E-state index is 0.154. The van der Waals surface area contributed by atoms with Crippen molar-refractivity contribution in [2.75, 3.05) is 47.5 Å². The molecular weight excluding hydrogens is 1210 g/mol. The smallest absolute Gasteiger partial charge is 0.306 e. The van der Waals surface area contributed by atoms with Crippen molar-refractivity contribution in [1.29, 1.82) is 0 Å². The standard InChI is InChI=1S/C89H175NO8/c1-6-8-10-12-14-16-18-20-22-24-26-28-30-32-34-36-38-40-41-42-43-44-45-46-47-48-50-52-54-56-58-60-62-64-66-68-70-72-74-76-78-80-87(92)98-85(84-97-89(88(93)94)95-82-81-90(3,4)5)83-96-86(91)79-77-75-73-71-69-67-65-63-61-59-57-55-53-51-49-39-37-35-33-31-29-27-25-23-21-19-17-15-13-11-9-7-2/h85,89H,6-84H2,1-5H3. The summed E-state index contributed by atoms with van der Waals surface area (Å²) in [4.78, 5) is 37.7. The topological polar surface area (TPSA) is 111 Å². The molecule has 0 aromatic rings. The van der Waals surface area contributed by atoms with Crippen molar-refractivity contribution in [2.45, 2.75) is 508 Å². The van der Waals surface area contributed by atoms with Gasteiger partial charge in [0.15, 0.2) is 12.4 Å². The molecule has 0 spiro atoms. The maximum atomic E-state index is 13.0. The molecular formula is C89H175NO8. The monoisotopic (exact) mass is 1390 g/mol. The fourth-order valence-electron chi connectivity index (χ4n) is 14.3. The number of unbranched alkanes of at least 4 members (excludes halogenated alkanes) is 71. The molecule has 9 nitrogen and oxygen atoms in total. The first-order chi connectivity index (χ1) is 48.1. The quantitative estimate of drug-likeness (QED) is 0.0256. The second-order valence-electron chi connectivity index (χ2n) is 32.3. The molecule has 0 aliphatic rings. The zero-order valence-corrected chi connectivity index (χ0v) is 67.2. The highest BCUT2D eigenvalue weighted by Crippen LogP contribution is 2.22. The third-order valence-electron chi connectivity index (χ3n) is 21.1. The van der Waals surface area contributed by atoms with Gasteiger partial charge in [-0.05, 0) is 12.8 Å². The van der Waals surface area contributed by atoms with Gasteiger partial charge in [0.2, 0.25) is 0 Å². The number of nitrogens with zero attached hydrogens (tertiary/aromatic N) is 1. The van der Waals surface area contributed by atoms with Crippen molar-refractivity contribution in [3.8, 4) is 0 Å². The van der Waals surface area contributed by atoms with Crippen molar-refractivity contribution in [1.82, 2.24) is 0 Å². The van der Waals surface area contributed by atoms with E-state index in [4.69, 9.17) is 18.9 Å². The van der Waals surface area contributed by atoms with E-state index in [1.807, 2.05) is 21.1 Å². The number of quaternary nitrogens is 1. The number of ether oxygens (including phenoxy) is 4. The van der Waals surface area contributed by atoms with E-state index < -0.39 is 24.3 Å². The number of esters is 2. The molecule has 0 aromatic carbocycles. The molecule has 2 unspecified atom stereocenters. The van der Waals surface area contributed by atoms with Crippen LogP contribution in [0.1, 0.15) is 495 Å². The summed E-state index contributed by atoms with van der Waals surface area (Å²) in [5.41, 5.74) is 0. The highest BCUT2D eigenvalue weighted by atomic mass is 16.7. The van der Waals surface area contributed by atoms with E-state index in [-0.39, 0.29) is 32.2 Å². The Morgan fingerprint density at radius 1 is 0.265 bits per heavy atom. The van der Waals surface area contributed by atoms with E-state index in [2.05, 4.69) is 13.8 Å². The van der Waals surface area contributed by atoms with Gasteiger partial charge >= 0.3 is 11.9 Å². The van der Waals surface area contributed by atoms with Crippen molar-refractivity contribution in [2.24, 2.45) is 0 Å². The molecule has 0 heterocycles. The predicted molar refractivity (Wildman–Crippen MR) is 422 cm³/mol. The lowest BCUT2D eigenvalue weighted by atomic mass is 10.0. The fraction of sp³-hybridized carbons (Fsp3) is 0.966. The van der Waals surface area contributed by atoms with Crippen LogP contribution in [0.4, 0.5) is 0 Å². The predicted octanol–water partition coefficient (Wildman–Crippen LogP) is 27.6. The SMILES string of the molecule is CCCCCCCCCCCCCCCCCCCCCCCCCCCCCCCCCCCCCCCCCCCC(=O)OC(COC(=O)CCCCCCCCCCCCCCCCCCCCCCCCCCCCCCCCCC)COC(OCC[N+](C)(C)C)C(=O)[O-]. The lowest BCUT2D eigenvalue weighted by Crippen LogP contribution is -2.44. The largest absolute Gasteiger partial charge is 0.545 e. The zero-order chi connectivity index (χ0) is 71.1. The first-order valence-electron chi connectivity index (χ1n) is 44.7. The van der Waals surface area contributed by atoms with Gasteiger partial charge in [0.1, 0.15) is 13.2 Å². The second kappa shape index (κ2) is 81.0. The number of likely N-dealkylation sites (N-methyl/N-ethyl adjacent to an activating group) is 1. The first kappa shape index (κ1) is 96.3. The van der Waals surface area contributed by atoms with Crippen LogP contribution >= 0.6 is 0 Å². The van der Waals surface area contributed by atoms with E-state index in [0.717, 1.165) is 38.5 Å². The van der Waals surface area contributed by atoms with Gasteiger partial charge in [-0.15, -0.1) is 0 Å². The number of carbonyl (C=O) groups excluding carboxylic acids is 3. The Labute approximate surface area is 613 Å². The Bertz CT molecular complexity index is 1570. The highest BCUT2D eigenvalue weighted by Gasteiger charge is 2.22. The van der Waals surface area contributed by atoms with Crippen molar-refractivity contribution < 1.29 is 42.9 Å². The summed E-state index contributed by atoms with van der Waals surface area (Å²) < 4.78 is 22.9. The summed E-state index contributed by atoms with van der Waals surface area (Å²) in [6.07, 6.45) is 98.6. The van der Waals surface area contributed by atoms with Crippen molar-refractivity contribution >= 4 is 17.9 Å². The van der Waals surface area contributed by atoms with Gasteiger partial charge < -0.3 is 33.3 Å². The average molecular weight is 1390 g/mol. The summed E-state index contributed by atoms with van der Waals surface area (Å²) in [7, 11) is 5.96. The second-order valence-corrected chi connectivity index (χ2v) is 32.3. The summed E-state index contributed by atoms with van der Waals surface area (Å²) in [5.74, 6) is -2.24. The molecule has 0 fully saturated rings. The maximum absolute atomic E-state index is 13.0. The third-order valence-corrected chi connectivity index (χ3v) is 21.1. The molecule has 0 aromatic heterocycles. The minimum Gasteiger partial charge on any atom is -0.545 e. The Hall–Kier alpha value is -1.71. The van der Waals surface area contributed by atoms with Crippen LogP contribution in [0.2, 0.25) is 0 Å². The molecule has 0 saturated heterocycles. The summed E-state index contributed by atoms with van der Waals surface area (Å²) in [6, 6.07) is 0. The number of carboxylic acids is 1. The van der Waals surface area contributed by atoms with Crippen molar-refractivity contribution in [3.63, 3.8) is 0 Å². The van der Waals surface area contributed by atoms with Gasteiger partial charge in [-0.25, -0.2) is 0 Å². The van der Waals surface area contributed by atoms with E-state index in [9.17, 15) is 19.5 Å². The fourth-order valence-corrected chi connectivity index (χ4v) is 14.3. The van der Waals surface area contributed by atoms with Crippen molar-refractivity contribution in [3.05, 3.63) is 0 Å². The van der Waals surface area contributed by atoms with E-state index in [0.29, 0.717) is 17.4 Å². The van der Waals surface area contributed by atoms with Gasteiger partial charge in [0.25, 0.3) is 0 Å². The van der Waals surface area contributed by atoms with Crippen LogP contribution in [0.5, 0.6) is 0 Å². The molecule has 0 N–H and O–H groups in total.